The number of nitro groups is 1. The lowest BCUT2D eigenvalue weighted by atomic mass is 9.98. The van der Waals surface area contributed by atoms with Gasteiger partial charge in [-0.1, -0.05) is 0 Å². The van der Waals surface area contributed by atoms with Crippen molar-refractivity contribution in [1.29, 1.82) is 0 Å². The molecule has 1 aliphatic rings. The zero-order chi connectivity index (χ0) is 17.6. The summed E-state index contributed by atoms with van der Waals surface area (Å²) in [6, 6.07) is 3.56. The molecule has 0 atom stereocenters. The van der Waals surface area contributed by atoms with Gasteiger partial charge in [-0.3, -0.25) is 10.1 Å². The van der Waals surface area contributed by atoms with Crippen LogP contribution in [0.4, 0.5) is 11.4 Å². The molecule has 0 spiro atoms. The van der Waals surface area contributed by atoms with Crippen LogP contribution in [0.2, 0.25) is 0 Å². The first-order valence-electron chi connectivity index (χ1n) is 7.07. The van der Waals surface area contributed by atoms with E-state index in [-0.39, 0.29) is 16.3 Å². The molecule has 0 aliphatic carbocycles. The van der Waals surface area contributed by atoms with E-state index < -0.39 is 26.1 Å². The molecular weight excluding hydrogens is 322 g/mol. The van der Waals surface area contributed by atoms with Crippen molar-refractivity contribution in [3.8, 4) is 0 Å². The summed E-state index contributed by atoms with van der Waals surface area (Å²) in [5, 5.41) is 16.3. The van der Waals surface area contributed by atoms with E-state index in [4.69, 9.17) is 9.88 Å². The third kappa shape index (κ3) is 3.98. The molecule has 2 N–H and O–H groups in total. The number of non-ortho nitro benzene ring substituents is 1. The van der Waals surface area contributed by atoms with Crippen LogP contribution in [0.15, 0.2) is 23.1 Å². The zero-order valence-electron chi connectivity index (χ0n) is 13.6. The summed E-state index contributed by atoms with van der Waals surface area (Å²) >= 11 is 0. The number of anilines is 1. The van der Waals surface area contributed by atoms with E-state index in [2.05, 4.69) is 0 Å². The summed E-state index contributed by atoms with van der Waals surface area (Å²) in [6.07, 6.45) is 0. The molecule has 1 saturated heterocycles. The van der Waals surface area contributed by atoms with Gasteiger partial charge in [0.1, 0.15) is 4.90 Å². The Balaban J connectivity index is 2.60. The number of morpholine rings is 1. The van der Waals surface area contributed by atoms with Crippen molar-refractivity contribution >= 4 is 21.4 Å². The fourth-order valence-electron chi connectivity index (χ4n) is 3.07. The Morgan fingerprint density at radius 2 is 1.74 bits per heavy atom. The number of primary sulfonamides is 1. The topological polar surface area (TPSA) is 116 Å². The van der Waals surface area contributed by atoms with Crippen LogP contribution in [0.1, 0.15) is 27.7 Å². The quantitative estimate of drug-likeness (QED) is 0.659. The van der Waals surface area contributed by atoms with E-state index in [1.165, 1.54) is 12.1 Å². The molecule has 0 amide bonds. The molecule has 1 fully saturated rings. The molecule has 0 unspecified atom stereocenters. The fraction of sp³-hybridized carbons (Fsp3) is 0.571. The van der Waals surface area contributed by atoms with Gasteiger partial charge in [-0.2, -0.15) is 0 Å². The van der Waals surface area contributed by atoms with Crippen molar-refractivity contribution in [3.05, 3.63) is 28.3 Å². The van der Waals surface area contributed by atoms with Crippen LogP contribution in [0.5, 0.6) is 0 Å². The number of hydrogen-bond acceptors (Lipinski definition) is 6. The van der Waals surface area contributed by atoms with Crippen LogP contribution in [-0.2, 0) is 14.8 Å². The van der Waals surface area contributed by atoms with Gasteiger partial charge in [-0.25, -0.2) is 13.6 Å². The van der Waals surface area contributed by atoms with Crippen LogP contribution >= 0.6 is 0 Å². The summed E-state index contributed by atoms with van der Waals surface area (Å²) in [6.45, 7) is 8.31. The average Bonchev–Trinajstić information content (AvgIpc) is 2.33. The van der Waals surface area contributed by atoms with Gasteiger partial charge in [0, 0.05) is 25.2 Å². The largest absolute Gasteiger partial charge is 0.366 e. The second-order valence-electron chi connectivity index (χ2n) is 6.93. The number of hydrogen-bond donors (Lipinski definition) is 1. The third-order valence-corrected chi connectivity index (χ3v) is 4.45. The van der Waals surface area contributed by atoms with Gasteiger partial charge in [0.2, 0.25) is 10.0 Å². The van der Waals surface area contributed by atoms with Crippen LogP contribution in [0, 0.1) is 10.1 Å². The van der Waals surface area contributed by atoms with E-state index in [9.17, 15) is 18.5 Å². The lowest BCUT2D eigenvalue weighted by Crippen LogP contribution is -2.57. The second-order valence-corrected chi connectivity index (χ2v) is 8.46. The molecule has 0 radical (unpaired) electrons. The van der Waals surface area contributed by atoms with Crippen molar-refractivity contribution in [1.82, 2.24) is 0 Å². The molecule has 1 heterocycles. The highest BCUT2D eigenvalue weighted by Crippen LogP contribution is 2.36. The number of ether oxygens (including phenoxy) is 1. The predicted molar refractivity (Wildman–Crippen MR) is 85.9 cm³/mol. The first kappa shape index (κ1) is 17.6. The Morgan fingerprint density at radius 1 is 1.22 bits per heavy atom. The molecular formula is C14H21N3O5S. The summed E-state index contributed by atoms with van der Waals surface area (Å²) in [5.74, 6) is 0. The Morgan fingerprint density at radius 3 is 2.17 bits per heavy atom. The Bertz CT molecular complexity index is 727. The Kier molecular flexibility index (Phi) is 4.16. The zero-order valence-corrected chi connectivity index (χ0v) is 14.4. The number of benzene rings is 1. The van der Waals surface area contributed by atoms with Crippen molar-refractivity contribution in [2.24, 2.45) is 5.14 Å². The minimum atomic E-state index is -4.00. The van der Waals surface area contributed by atoms with Gasteiger partial charge < -0.3 is 9.64 Å². The normalized spacial score (nSPS) is 20.3. The maximum Gasteiger partial charge on any atom is 0.271 e. The summed E-state index contributed by atoms with van der Waals surface area (Å²) in [4.78, 5) is 12.1. The van der Waals surface area contributed by atoms with Crippen LogP contribution in [0.3, 0.4) is 0 Å². The highest BCUT2D eigenvalue weighted by atomic mass is 32.2. The van der Waals surface area contributed by atoms with E-state index in [1.54, 1.807) is 4.90 Å². The maximum absolute atomic E-state index is 11.9. The molecule has 1 aromatic carbocycles. The van der Waals surface area contributed by atoms with Gasteiger partial charge in [-0.05, 0) is 33.8 Å². The van der Waals surface area contributed by atoms with Gasteiger partial charge in [0.15, 0.2) is 0 Å². The van der Waals surface area contributed by atoms with Crippen LogP contribution in [0.25, 0.3) is 0 Å². The fourth-order valence-corrected chi connectivity index (χ4v) is 3.80. The summed E-state index contributed by atoms with van der Waals surface area (Å²) < 4.78 is 29.7. The number of nitro benzene ring substituents is 1. The van der Waals surface area contributed by atoms with E-state index in [0.717, 1.165) is 6.07 Å². The summed E-state index contributed by atoms with van der Waals surface area (Å²) in [5.41, 5.74) is -1.04. The number of nitrogens with zero attached hydrogens (tertiary/aromatic N) is 2. The van der Waals surface area contributed by atoms with Gasteiger partial charge in [-0.15, -0.1) is 0 Å². The average molecular weight is 343 g/mol. The second kappa shape index (κ2) is 5.43. The lowest BCUT2D eigenvalue weighted by Gasteiger charge is -2.48. The SMILES string of the molecule is CC1(C)CN(c2cc([N+](=O)[O-])ccc2S(N)(=O)=O)CC(C)(C)O1. The number of nitrogens with two attached hydrogens (primary N) is 1. The monoisotopic (exact) mass is 343 g/mol. The highest BCUT2D eigenvalue weighted by Gasteiger charge is 2.39. The van der Waals surface area contributed by atoms with Crippen molar-refractivity contribution in [3.63, 3.8) is 0 Å². The standard InChI is InChI=1S/C14H21N3O5S/c1-13(2)8-16(9-14(3,4)22-13)11-7-10(17(18)19)5-6-12(11)23(15,20)21/h5-7H,8-9H2,1-4H3,(H2,15,20,21). The minimum absolute atomic E-state index is 0.128. The molecule has 9 heteroatoms. The number of rotatable bonds is 3. The first-order chi connectivity index (χ1) is 10.3. The van der Waals surface area contributed by atoms with Gasteiger partial charge in [0.05, 0.1) is 21.8 Å². The minimum Gasteiger partial charge on any atom is -0.366 e. The lowest BCUT2D eigenvalue weighted by molar-refractivity contribution is -0.384. The molecule has 1 aliphatic heterocycles. The highest BCUT2D eigenvalue weighted by molar-refractivity contribution is 7.89. The van der Waals surface area contributed by atoms with Crippen molar-refractivity contribution < 1.29 is 18.1 Å². The molecule has 8 nitrogen and oxygen atoms in total. The van der Waals surface area contributed by atoms with Crippen molar-refractivity contribution in [2.75, 3.05) is 18.0 Å². The van der Waals surface area contributed by atoms with Crippen LogP contribution < -0.4 is 10.0 Å². The van der Waals surface area contributed by atoms with Crippen LogP contribution in [-0.4, -0.2) is 37.6 Å². The Hall–Kier alpha value is -1.71. The Labute approximate surface area is 135 Å². The van der Waals surface area contributed by atoms with E-state index >= 15 is 0 Å². The predicted octanol–water partition coefficient (Wildman–Crippen LogP) is 1.64. The summed E-state index contributed by atoms with van der Waals surface area (Å²) in [7, 11) is -4.00. The van der Waals surface area contributed by atoms with Gasteiger partial charge >= 0.3 is 0 Å². The van der Waals surface area contributed by atoms with E-state index in [1.807, 2.05) is 27.7 Å². The third-order valence-electron chi connectivity index (χ3n) is 3.50. The molecule has 0 bridgehead atoms. The van der Waals surface area contributed by atoms with E-state index in [0.29, 0.717) is 13.1 Å². The maximum atomic E-state index is 11.9. The number of sulfonamides is 1. The molecule has 23 heavy (non-hydrogen) atoms. The smallest absolute Gasteiger partial charge is 0.271 e. The van der Waals surface area contributed by atoms with Gasteiger partial charge in [0.25, 0.3) is 5.69 Å². The molecule has 0 aromatic heterocycles. The molecule has 1 aromatic rings. The first-order valence-corrected chi connectivity index (χ1v) is 8.62. The molecule has 2 rings (SSSR count). The molecule has 128 valence electrons. The molecule has 0 saturated carbocycles. The van der Waals surface area contributed by atoms with Crippen molar-refractivity contribution in [2.45, 2.75) is 43.8 Å².